The van der Waals surface area contributed by atoms with Gasteiger partial charge in [-0.1, -0.05) is 18.2 Å². The maximum absolute atomic E-state index is 11.0. The number of thiophene rings is 1. The van der Waals surface area contributed by atoms with Crippen molar-refractivity contribution in [3.05, 3.63) is 64.7 Å². The molecule has 0 atom stereocenters. The molecule has 1 aromatic carbocycles. The maximum atomic E-state index is 11.0. The van der Waals surface area contributed by atoms with Crippen LogP contribution in [-0.4, -0.2) is 15.6 Å². The molecule has 2 heterocycles. The standard InChI is InChI=1S/C19H19NO2S/c1-13-5-3-6-16(14(13)2)20-15(9-11-19(21)22)8-10-17(20)18-7-4-12-23-18/h3-8,10,12H,9,11H2,1-2H3,(H,21,22). The lowest BCUT2D eigenvalue weighted by molar-refractivity contribution is -0.136. The molecule has 0 fully saturated rings. The molecule has 3 rings (SSSR count). The zero-order valence-electron chi connectivity index (χ0n) is 13.2. The first-order chi connectivity index (χ1) is 11.1. The molecule has 3 aromatic rings. The fourth-order valence-corrected chi connectivity index (χ4v) is 3.53. The Bertz CT molecular complexity index is 831. The molecular weight excluding hydrogens is 306 g/mol. The molecule has 0 bridgehead atoms. The van der Waals surface area contributed by atoms with Crippen LogP contribution in [0.2, 0.25) is 0 Å². The van der Waals surface area contributed by atoms with E-state index in [0.717, 1.165) is 17.1 Å². The molecule has 0 saturated heterocycles. The molecule has 0 aliphatic carbocycles. The van der Waals surface area contributed by atoms with Gasteiger partial charge in [-0.25, -0.2) is 0 Å². The summed E-state index contributed by atoms with van der Waals surface area (Å²) in [7, 11) is 0. The Morgan fingerprint density at radius 1 is 1.13 bits per heavy atom. The molecule has 0 aliphatic heterocycles. The van der Waals surface area contributed by atoms with Crippen LogP contribution in [0.3, 0.4) is 0 Å². The van der Waals surface area contributed by atoms with Gasteiger partial charge in [0.05, 0.1) is 17.0 Å². The lowest BCUT2D eigenvalue weighted by Crippen LogP contribution is -2.07. The summed E-state index contributed by atoms with van der Waals surface area (Å²) in [5, 5.41) is 11.1. The number of carboxylic acids is 1. The largest absolute Gasteiger partial charge is 0.481 e. The van der Waals surface area contributed by atoms with E-state index < -0.39 is 5.97 Å². The number of nitrogens with zero attached hydrogens (tertiary/aromatic N) is 1. The summed E-state index contributed by atoms with van der Waals surface area (Å²) in [4.78, 5) is 12.2. The monoisotopic (exact) mass is 325 g/mol. The molecule has 1 N–H and O–H groups in total. The topological polar surface area (TPSA) is 42.2 Å². The molecule has 3 nitrogen and oxygen atoms in total. The Morgan fingerprint density at radius 3 is 2.65 bits per heavy atom. The van der Waals surface area contributed by atoms with Crippen molar-refractivity contribution in [3.8, 4) is 16.3 Å². The number of aryl methyl sites for hydroxylation is 2. The molecule has 0 unspecified atom stereocenters. The van der Waals surface area contributed by atoms with Crippen LogP contribution in [0.15, 0.2) is 47.8 Å². The van der Waals surface area contributed by atoms with Gasteiger partial charge >= 0.3 is 5.97 Å². The van der Waals surface area contributed by atoms with Crippen LogP contribution in [-0.2, 0) is 11.2 Å². The Kier molecular flexibility index (Phi) is 4.35. The van der Waals surface area contributed by atoms with Crippen molar-refractivity contribution in [1.82, 2.24) is 4.57 Å². The summed E-state index contributed by atoms with van der Waals surface area (Å²) in [5.74, 6) is -0.767. The normalized spacial score (nSPS) is 10.9. The van der Waals surface area contributed by atoms with Gasteiger partial charge in [0.25, 0.3) is 0 Å². The first kappa shape index (κ1) is 15.6. The second kappa shape index (κ2) is 6.42. The van der Waals surface area contributed by atoms with E-state index in [1.165, 1.54) is 16.0 Å². The summed E-state index contributed by atoms with van der Waals surface area (Å²) in [6.07, 6.45) is 0.660. The van der Waals surface area contributed by atoms with E-state index in [4.69, 9.17) is 5.11 Å². The Hall–Kier alpha value is -2.33. The second-order valence-corrected chi connectivity index (χ2v) is 6.58. The van der Waals surface area contributed by atoms with Crippen LogP contribution in [0.1, 0.15) is 23.2 Å². The lowest BCUT2D eigenvalue weighted by atomic mass is 10.1. The molecule has 2 aromatic heterocycles. The minimum Gasteiger partial charge on any atom is -0.481 e. The zero-order chi connectivity index (χ0) is 16.4. The molecular formula is C19H19NO2S. The molecule has 23 heavy (non-hydrogen) atoms. The summed E-state index contributed by atoms with van der Waals surface area (Å²) < 4.78 is 2.21. The Balaban J connectivity index is 2.16. The number of benzene rings is 1. The molecule has 0 saturated carbocycles. The van der Waals surface area contributed by atoms with Crippen LogP contribution in [0.25, 0.3) is 16.3 Å². The van der Waals surface area contributed by atoms with E-state index in [2.05, 4.69) is 54.1 Å². The highest BCUT2D eigenvalue weighted by molar-refractivity contribution is 7.13. The van der Waals surface area contributed by atoms with Gasteiger partial charge in [0, 0.05) is 11.4 Å². The predicted molar refractivity (Wildman–Crippen MR) is 94.5 cm³/mol. The number of hydrogen-bond acceptors (Lipinski definition) is 2. The highest BCUT2D eigenvalue weighted by atomic mass is 32.1. The van der Waals surface area contributed by atoms with Crippen LogP contribution in [0, 0.1) is 13.8 Å². The number of rotatable bonds is 5. The van der Waals surface area contributed by atoms with Crippen LogP contribution in [0.4, 0.5) is 0 Å². The van der Waals surface area contributed by atoms with E-state index in [1.54, 1.807) is 11.3 Å². The third-order valence-corrected chi connectivity index (χ3v) is 5.04. The summed E-state index contributed by atoms with van der Waals surface area (Å²) in [6.45, 7) is 4.22. The SMILES string of the molecule is Cc1cccc(-n2c(CCC(=O)O)ccc2-c2cccs2)c1C. The highest BCUT2D eigenvalue weighted by Gasteiger charge is 2.15. The first-order valence-corrected chi connectivity index (χ1v) is 8.49. The van der Waals surface area contributed by atoms with E-state index in [0.29, 0.717) is 6.42 Å². The van der Waals surface area contributed by atoms with E-state index in [1.807, 2.05) is 12.1 Å². The number of carboxylic acid groups (broad SMARTS) is 1. The van der Waals surface area contributed by atoms with Crippen molar-refractivity contribution in [3.63, 3.8) is 0 Å². The molecule has 0 aliphatic rings. The predicted octanol–water partition coefficient (Wildman–Crippen LogP) is 4.84. The van der Waals surface area contributed by atoms with Gasteiger partial charge in [0.1, 0.15) is 0 Å². The van der Waals surface area contributed by atoms with E-state index in [-0.39, 0.29) is 6.42 Å². The average molecular weight is 325 g/mol. The minimum absolute atomic E-state index is 0.138. The van der Waals surface area contributed by atoms with E-state index in [9.17, 15) is 4.79 Å². The van der Waals surface area contributed by atoms with Crippen LogP contribution >= 0.6 is 11.3 Å². The third-order valence-electron chi connectivity index (χ3n) is 4.15. The highest BCUT2D eigenvalue weighted by Crippen LogP contribution is 2.32. The fraction of sp³-hybridized carbons (Fsp3) is 0.211. The van der Waals surface area contributed by atoms with Crippen molar-refractivity contribution in [2.45, 2.75) is 26.7 Å². The molecule has 4 heteroatoms. The Labute approximate surface area is 139 Å². The van der Waals surface area contributed by atoms with Crippen molar-refractivity contribution in [1.29, 1.82) is 0 Å². The van der Waals surface area contributed by atoms with Gasteiger partial charge < -0.3 is 9.67 Å². The fourth-order valence-electron chi connectivity index (χ4n) is 2.79. The number of carbonyl (C=O) groups is 1. The first-order valence-electron chi connectivity index (χ1n) is 7.61. The summed E-state index contributed by atoms with van der Waals surface area (Å²) in [5.41, 5.74) is 5.73. The van der Waals surface area contributed by atoms with Gasteiger partial charge in [0.15, 0.2) is 0 Å². The molecule has 0 amide bonds. The van der Waals surface area contributed by atoms with Gasteiger partial charge in [-0.05, 0) is 61.0 Å². The second-order valence-electron chi connectivity index (χ2n) is 5.64. The van der Waals surface area contributed by atoms with Crippen molar-refractivity contribution >= 4 is 17.3 Å². The number of hydrogen-bond donors (Lipinski definition) is 1. The van der Waals surface area contributed by atoms with Crippen molar-refractivity contribution in [2.24, 2.45) is 0 Å². The zero-order valence-corrected chi connectivity index (χ0v) is 14.1. The van der Waals surface area contributed by atoms with Crippen molar-refractivity contribution < 1.29 is 9.90 Å². The van der Waals surface area contributed by atoms with Gasteiger partial charge in [0.2, 0.25) is 0 Å². The summed E-state index contributed by atoms with van der Waals surface area (Å²) >= 11 is 1.70. The average Bonchev–Trinajstić information content (AvgIpc) is 3.16. The number of aliphatic carboxylic acids is 1. The Morgan fingerprint density at radius 2 is 1.96 bits per heavy atom. The lowest BCUT2D eigenvalue weighted by Gasteiger charge is -2.16. The molecule has 118 valence electrons. The maximum Gasteiger partial charge on any atom is 0.303 e. The van der Waals surface area contributed by atoms with Crippen LogP contribution < -0.4 is 0 Å². The number of aromatic nitrogens is 1. The third kappa shape index (κ3) is 3.08. The quantitative estimate of drug-likeness (QED) is 0.729. The van der Waals surface area contributed by atoms with Crippen LogP contribution in [0.5, 0.6) is 0 Å². The van der Waals surface area contributed by atoms with Gasteiger partial charge in [-0.15, -0.1) is 11.3 Å². The molecule has 0 spiro atoms. The van der Waals surface area contributed by atoms with E-state index >= 15 is 0 Å². The van der Waals surface area contributed by atoms with Crippen molar-refractivity contribution in [2.75, 3.05) is 0 Å². The van der Waals surface area contributed by atoms with Gasteiger partial charge in [-0.3, -0.25) is 4.79 Å². The minimum atomic E-state index is -0.767. The summed E-state index contributed by atoms with van der Waals surface area (Å²) in [6, 6.07) is 14.5. The molecule has 0 radical (unpaired) electrons. The smallest absolute Gasteiger partial charge is 0.303 e. The van der Waals surface area contributed by atoms with Gasteiger partial charge in [-0.2, -0.15) is 0 Å².